The lowest BCUT2D eigenvalue weighted by Crippen LogP contribution is -1.99. The van der Waals surface area contributed by atoms with Gasteiger partial charge in [-0.1, -0.05) is 0 Å². The van der Waals surface area contributed by atoms with E-state index in [9.17, 15) is 12.6 Å². The Morgan fingerprint density at radius 3 is 2.43 bits per heavy atom. The van der Waals surface area contributed by atoms with Gasteiger partial charge in [0.2, 0.25) is 0 Å². The minimum absolute atomic E-state index is 0.176. The molecule has 1 unspecified atom stereocenters. The maximum absolute atomic E-state index is 11.4. The van der Waals surface area contributed by atoms with Gasteiger partial charge in [-0.05, 0) is 48.6 Å². The third-order valence-electron chi connectivity index (χ3n) is 2.66. The molecule has 0 spiro atoms. The van der Waals surface area contributed by atoms with E-state index in [-0.39, 0.29) is 9.80 Å². The van der Waals surface area contributed by atoms with Crippen molar-refractivity contribution >= 4 is 26.6 Å². The lowest BCUT2D eigenvalue weighted by atomic mass is 10.3. The van der Waals surface area contributed by atoms with Crippen molar-refractivity contribution in [3.05, 3.63) is 64.9 Å². The molecule has 0 fully saturated rings. The summed E-state index contributed by atoms with van der Waals surface area (Å²) in [4.78, 5) is 0.424. The van der Waals surface area contributed by atoms with Crippen molar-refractivity contribution in [3.8, 4) is 0 Å². The number of rotatable bonds is 4. The normalized spacial score (nSPS) is 15.9. The van der Waals surface area contributed by atoms with Gasteiger partial charge < -0.3 is 9.87 Å². The first-order chi connectivity index (χ1) is 9.86. The molecular formula is C14H13NO4S2. The van der Waals surface area contributed by atoms with E-state index in [1.807, 2.05) is 0 Å². The predicted molar refractivity (Wildman–Crippen MR) is 82.8 cm³/mol. The fraction of sp³-hybridized carbons (Fsp3) is 0.0714. The second-order valence-corrected chi connectivity index (χ2v) is 7.26. The average molecular weight is 323 g/mol. The maximum Gasteiger partial charge on any atom is 0.194 e. The highest BCUT2D eigenvalue weighted by Gasteiger charge is 2.06. The molecule has 21 heavy (non-hydrogen) atoms. The summed E-state index contributed by atoms with van der Waals surface area (Å²) in [5.74, 6) is 0. The Morgan fingerprint density at radius 2 is 1.86 bits per heavy atom. The minimum atomic E-state index is -3.21. The van der Waals surface area contributed by atoms with Crippen molar-refractivity contribution in [2.24, 2.45) is 0 Å². The lowest BCUT2D eigenvalue weighted by Gasteiger charge is -2.07. The van der Waals surface area contributed by atoms with Crippen LogP contribution in [-0.4, -0.2) is 23.4 Å². The van der Waals surface area contributed by atoms with Crippen molar-refractivity contribution < 1.29 is 17.2 Å². The summed E-state index contributed by atoms with van der Waals surface area (Å²) in [7, 11) is -3.21. The molecule has 0 bridgehead atoms. The summed E-state index contributed by atoms with van der Waals surface area (Å²) >= 11 is -2.08. The summed E-state index contributed by atoms with van der Waals surface area (Å²) in [5.41, 5.74) is 4.08. The molecular weight excluding hydrogens is 310 g/mol. The lowest BCUT2D eigenvalue weighted by molar-refractivity contribution is 0.572. The zero-order valence-corrected chi connectivity index (χ0v) is 12.7. The van der Waals surface area contributed by atoms with Gasteiger partial charge in [-0.15, -0.1) is 5.73 Å². The fourth-order valence-electron chi connectivity index (χ4n) is 1.63. The monoisotopic (exact) mass is 323 g/mol. The number of allylic oxidation sites excluding steroid dienone is 3. The molecule has 5 nitrogen and oxygen atoms in total. The van der Waals surface area contributed by atoms with Gasteiger partial charge in [-0.2, -0.15) is 0 Å². The standard InChI is InChI=1S/C14H13NO4S2/c1-21(18,19)14-9-6-12(7-10-14)15-11-3-2-4-13(8-5-11)20(16)17/h2-3,5-10,15H,1H3,(H,16,17). The highest BCUT2D eigenvalue weighted by Crippen LogP contribution is 2.17. The molecule has 2 N–H and O–H groups in total. The molecule has 7 heteroatoms. The van der Waals surface area contributed by atoms with Crippen LogP contribution in [0.3, 0.4) is 0 Å². The van der Waals surface area contributed by atoms with E-state index in [4.69, 9.17) is 4.55 Å². The van der Waals surface area contributed by atoms with Gasteiger partial charge in [-0.25, -0.2) is 12.6 Å². The molecule has 110 valence electrons. The first-order valence-corrected chi connectivity index (χ1v) is 8.89. The van der Waals surface area contributed by atoms with Crippen LogP contribution in [0.2, 0.25) is 0 Å². The summed E-state index contributed by atoms with van der Waals surface area (Å²) in [6, 6.07) is 6.33. The molecule has 1 aliphatic carbocycles. The van der Waals surface area contributed by atoms with Crippen molar-refractivity contribution in [1.29, 1.82) is 0 Å². The highest BCUT2D eigenvalue weighted by atomic mass is 32.2. The summed E-state index contributed by atoms with van der Waals surface area (Å²) in [6.07, 6.45) is 7.52. The second kappa shape index (κ2) is 6.24. The van der Waals surface area contributed by atoms with E-state index in [1.165, 1.54) is 24.3 Å². The fourth-order valence-corrected chi connectivity index (χ4v) is 2.61. The van der Waals surface area contributed by atoms with E-state index in [1.54, 1.807) is 24.3 Å². The van der Waals surface area contributed by atoms with Gasteiger partial charge in [-0.3, -0.25) is 0 Å². The van der Waals surface area contributed by atoms with Crippen LogP contribution in [0.1, 0.15) is 0 Å². The Bertz CT molecular complexity index is 796. The molecule has 2 rings (SSSR count). The molecule has 0 aromatic heterocycles. The van der Waals surface area contributed by atoms with Crippen LogP contribution < -0.4 is 5.32 Å². The van der Waals surface area contributed by atoms with Gasteiger partial charge in [0.15, 0.2) is 20.9 Å². The van der Waals surface area contributed by atoms with E-state index < -0.39 is 20.9 Å². The Hall–Kier alpha value is -1.92. The number of benzene rings is 1. The summed E-state index contributed by atoms with van der Waals surface area (Å²) < 4.78 is 42.7. The third-order valence-corrected chi connectivity index (χ3v) is 4.42. The van der Waals surface area contributed by atoms with Crippen molar-refractivity contribution in [2.45, 2.75) is 4.90 Å². The Balaban J connectivity index is 2.14. The number of nitrogens with one attached hydrogen (secondary N) is 1. The van der Waals surface area contributed by atoms with E-state index in [0.717, 1.165) is 6.26 Å². The van der Waals surface area contributed by atoms with E-state index >= 15 is 0 Å². The molecule has 1 aliphatic rings. The number of hydrogen-bond acceptors (Lipinski definition) is 4. The summed E-state index contributed by atoms with van der Waals surface area (Å²) in [6.45, 7) is 0. The first-order valence-electron chi connectivity index (χ1n) is 5.89. The zero-order valence-electron chi connectivity index (χ0n) is 11.1. The molecule has 1 aromatic carbocycles. The molecule has 1 atom stereocenters. The van der Waals surface area contributed by atoms with Crippen LogP contribution in [0, 0.1) is 0 Å². The van der Waals surface area contributed by atoms with Gasteiger partial charge >= 0.3 is 0 Å². The molecule has 0 heterocycles. The molecule has 0 amide bonds. The number of hydrogen-bond donors (Lipinski definition) is 2. The molecule has 0 saturated heterocycles. The maximum atomic E-state index is 11.4. The molecule has 1 aromatic rings. The van der Waals surface area contributed by atoms with Gasteiger partial charge in [0.25, 0.3) is 0 Å². The smallest absolute Gasteiger partial charge is 0.194 e. The van der Waals surface area contributed by atoms with E-state index in [2.05, 4.69) is 11.0 Å². The van der Waals surface area contributed by atoms with Crippen LogP contribution in [0.4, 0.5) is 5.69 Å². The highest BCUT2D eigenvalue weighted by molar-refractivity contribution is 7.90. The number of anilines is 1. The van der Waals surface area contributed by atoms with Crippen LogP contribution in [0.15, 0.2) is 69.8 Å². The Kier molecular flexibility index (Phi) is 4.59. The Labute approximate surface area is 125 Å². The second-order valence-electron chi connectivity index (χ2n) is 4.30. The predicted octanol–water partition coefficient (Wildman–Crippen LogP) is 2.22. The average Bonchev–Trinajstić information content (AvgIpc) is 2.64. The van der Waals surface area contributed by atoms with Crippen molar-refractivity contribution in [1.82, 2.24) is 0 Å². The van der Waals surface area contributed by atoms with Crippen molar-refractivity contribution in [3.63, 3.8) is 0 Å². The van der Waals surface area contributed by atoms with Crippen molar-refractivity contribution in [2.75, 3.05) is 11.6 Å². The minimum Gasteiger partial charge on any atom is -0.356 e. The quantitative estimate of drug-likeness (QED) is 0.656. The van der Waals surface area contributed by atoms with Crippen LogP contribution >= 0.6 is 0 Å². The molecule has 0 aliphatic heterocycles. The van der Waals surface area contributed by atoms with Gasteiger partial charge in [0, 0.05) is 17.6 Å². The van der Waals surface area contributed by atoms with Crippen LogP contribution in [-0.2, 0) is 20.9 Å². The largest absolute Gasteiger partial charge is 0.356 e. The number of sulfone groups is 1. The SMILES string of the molecule is CS(=O)(=O)c1ccc(NC2=CC=C=C(S(=O)O)C=C2)cc1. The van der Waals surface area contributed by atoms with E-state index in [0.29, 0.717) is 11.4 Å². The van der Waals surface area contributed by atoms with Gasteiger partial charge in [0.1, 0.15) is 4.91 Å². The Morgan fingerprint density at radius 1 is 1.19 bits per heavy atom. The first kappa shape index (κ1) is 15.5. The van der Waals surface area contributed by atoms with Crippen LogP contribution in [0.5, 0.6) is 0 Å². The summed E-state index contributed by atoms with van der Waals surface area (Å²) in [5, 5.41) is 3.07. The zero-order chi connectivity index (χ0) is 15.5. The van der Waals surface area contributed by atoms with Crippen LogP contribution in [0.25, 0.3) is 0 Å². The topological polar surface area (TPSA) is 83.5 Å². The third kappa shape index (κ3) is 4.27. The molecule has 0 saturated carbocycles. The van der Waals surface area contributed by atoms with Gasteiger partial charge in [0.05, 0.1) is 4.90 Å². The molecule has 0 radical (unpaired) electrons.